The molecule has 1 aromatic heterocycles. The standard InChI is InChI=1S/C23H23N2/c1-3-24-15-13-18(20-9-5-7-11-22(20)24)17-19-14-16-25(4-2)23-12-8-6-10-21(19)23/h5-17H,3-4H2,1-2H3/q+1. The van der Waals surface area contributed by atoms with E-state index in [9.17, 15) is 0 Å². The van der Waals surface area contributed by atoms with E-state index < -0.39 is 0 Å². The number of rotatable bonds is 3. The third-order valence-electron chi connectivity index (χ3n) is 4.91. The van der Waals surface area contributed by atoms with Gasteiger partial charge in [-0.2, -0.15) is 4.57 Å². The highest BCUT2D eigenvalue weighted by atomic mass is 15.1. The van der Waals surface area contributed by atoms with Crippen molar-refractivity contribution in [2.75, 3.05) is 11.4 Å². The first-order valence-electron chi connectivity index (χ1n) is 8.99. The third-order valence-corrected chi connectivity index (χ3v) is 4.91. The smallest absolute Gasteiger partial charge is 0.213 e. The quantitative estimate of drug-likeness (QED) is 0.611. The van der Waals surface area contributed by atoms with Crippen LogP contribution in [0.4, 0.5) is 5.69 Å². The number of allylic oxidation sites excluding steroid dienone is 2. The Balaban J connectivity index is 1.89. The van der Waals surface area contributed by atoms with Crippen molar-refractivity contribution in [2.45, 2.75) is 20.4 Å². The molecule has 0 fully saturated rings. The molecule has 124 valence electrons. The van der Waals surface area contributed by atoms with E-state index in [2.05, 4.69) is 102 Å². The van der Waals surface area contributed by atoms with Crippen molar-refractivity contribution in [2.24, 2.45) is 0 Å². The van der Waals surface area contributed by atoms with Crippen LogP contribution in [0.15, 0.2) is 73.1 Å². The van der Waals surface area contributed by atoms with Crippen molar-refractivity contribution in [1.82, 2.24) is 0 Å². The van der Waals surface area contributed by atoms with Gasteiger partial charge in [-0.05, 0) is 49.3 Å². The molecule has 0 spiro atoms. The van der Waals surface area contributed by atoms with Crippen LogP contribution >= 0.6 is 0 Å². The van der Waals surface area contributed by atoms with E-state index in [1.165, 1.54) is 33.3 Å². The minimum Gasteiger partial charge on any atom is -0.348 e. The van der Waals surface area contributed by atoms with E-state index in [1.54, 1.807) is 0 Å². The average molecular weight is 327 g/mol. The minimum absolute atomic E-state index is 0.978. The Morgan fingerprint density at radius 2 is 1.76 bits per heavy atom. The molecule has 0 atom stereocenters. The summed E-state index contributed by atoms with van der Waals surface area (Å²) in [6, 6.07) is 19.5. The Morgan fingerprint density at radius 3 is 2.60 bits per heavy atom. The fraction of sp³-hybridized carbons (Fsp3) is 0.174. The van der Waals surface area contributed by atoms with Gasteiger partial charge in [-0.25, -0.2) is 0 Å². The van der Waals surface area contributed by atoms with Gasteiger partial charge in [0.2, 0.25) is 5.52 Å². The van der Waals surface area contributed by atoms with Crippen LogP contribution in [0.25, 0.3) is 22.6 Å². The SMILES string of the molecule is CCN1C=C/C(=C/c2cc[n+](CC)c3ccccc23)c2ccccc21. The molecule has 4 rings (SSSR count). The fourth-order valence-electron chi connectivity index (χ4n) is 3.59. The first-order valence-corrected chi connectivity index (χ1v) is 8.99. The van der Waals surface area contributed by atoms with Gasteiger partial charge in [0.05, 0.1) is 5.39 Å². The van der Waals surface area contributed by atoms with E-state index >= 15 is 0 Å². The number of anilines is 1. The minimum atomic E-state index is 0.978. The summed E-state index contributed by atoms with van der Waals surface area (Å²) in [6.45, 7) is 6.32. The lowest BCUT2D eigenvalue weighted by molar-refractivity contribution is -0.667. The summed E-state index contributed by atoms with van der Waals surface area (Å²) < 4.78 is 2.29. The summed E-state index contributed by atoms with van der Waals surface area (Å²) in [7, 11) is 0. The van der Waals surface area contributed by atoms with Gasteiger partial charge in [-0.1, -0.05) is 30.3 Å². The Hall–Kier alpha value is -2.87. The number of hydrogen-bond acceptors (Lipinski definition) is 1. The second-order valence-electron chi connectivity index (χ2n) is 6.29. The zero-order valence-electron chi connectivity index (χ0n) is 14.8. The molecule has 0 unspecified atom stereocenters. The maximum absolute atomic E-state index is 2.31. The lowest BCUT2D eigenvalue weighted by atomic mass is 9.96. The molecular formula is C23H23N2+. The molecular weight excluding hydrogens is 304 g/mol. The second-order valence-corrected chi connectivity index (χ2v) is 6.29. The van der Waals surface area contributed by atoms with Gasteiger partial charge >= 0.3 is 0 Å². The molecule has 25 heavy (non-hydrogen) atoms. The zero-order chi connectivity index (χ0) is 17.2. The molecule has 0 bridgehead atoms. The highest BCUT2D eigenvalue weighted by Gasteiger charge is 2.16. The van der Waals surface area contributed by atoms with Crippen LogP contribution in [-0.4, -0.2) is 6.54 Å². The molecule has 0 N–H and O–H groups in total. The summed E-state index contributed by atoms with van der Waals surface area (Å²) in [6.07, 6.45) is 8.91. The molecule has 2 nitrogen and oxygen atoms in total. The Kier molecular flexibility index (Phi) is 4.10. The van der Waals surface area contributed by atoms with Crippen molar-refractivity contribution >= 4 is 28.2 Å². The van der Waals surface area contributed by atoms with Crippen LogP contribution in [-0.2, 0) is 6.54 Å². The molecule has 0 amide bonds. The van der Waals surface area contributed by atoms with Crippen LogP contribution in [0.2, 0.25) is 0 Å². The molecule has 1 aliphatic heterocycles. The predicted molar refractivity (Wildman–Crippen MR) is 106 cm³/mol. The summed E-state index contributed by atoms with van der Waals surface area (Å²) in [4.78, 5) is 2.29. The molecule has 2 heteroatoms. The van der Waals surface area contributed by atoms with Crippen LogP contribution in [0, 0.1) is 0 Å². The second kappa shape index (κ2) is 6.56. The molecule has 1 aliphatic rings. The number of pyridine rings is 1. The Labute approximate surface area is 149 Å². The van der Waals surface area contributed by atoms with Crippen LogP contribution in [0.3, 0.4) is 0 Å². The van der Waals surface area contributed by atoms with E-state index in [0.29, 0.717) is 0 Å². The molecule has 3 aromatic rings. The number of benzene rings is 2. The number of para-hydroxylation sites is 2. The van der Waals surface area contributed by atoms with Crippen molar-refractivity contribution in [3.05, 3.63) is 84.2 Å². The maximum Gasteiger partial charge on any atom is 0.213 e. The topological polar surface area (TPSA) is 7.12 Å². The van der Waals surface area contributed by atoms with Gasteiger partial charge < -0.3 is 4.90 Å². The molecule has 0 saturated heterocycles. The number of nitrogens with zero attached hydrogens (tertiary/aromatic N) is 2. The third kappa shape index (κ3) is 2.74. The van der Waals surface area contributed by atoms with Crippen LogP contribution < -0.4 is 9.47 Å². The van der Waals surface area contributed by atoms with Crippen molar-refractivity contribution < 1.29 is 4.57 Å². The number of aryl methyl sites for hydroxylation is 1. The number of aromatic nitrogens is 1. The largest absolute Gasteiger partial charge is 0.348 e. The van der Waals surface area contributed by atoms with Crippen molar-refractivity contribution in [3.63, 3.8) is 0 Å². The summed E-state index contributed by atoms with van der Waals surface area (Å²) in [5.41, 5.74) is 6.38. The van der Waals surface area contributed by atoms with E-state index in [0.717, 1.165) is 13.1 Å². The fourth-order valence-corrected chi connectivity index (χ4v) is 3.59. The molecule has 0 radical (unpaired) electrons. The normalized spacial score (nSPS) is 15.0. The average Bonchev–Trinajstić information content (AvgIpc) is 2.68. The van der Waals surface area contributed by atoms with Crippen molar-refractivity contribution in [3.8, 4) is 0 Å². The highest BCUT2D eigenvalue weighted by molar-refractivity contribution is 5.99. The Bertz CT molecular complexity index is 982. The van der Waals surface area contributed by atoms with Crippen LogP contribution in [0.1, 0.15) is 25.0 Å². The van der Waals surface area contributed by atoms with Crippen molar-refractivity contribution in [1.29, 1.82) is 0 Å². The summed E-state index contributed by atoms with van der Waals surface area (Å²) in [5.74, 6) is 0. The molecule has 2 heterocycles. The highest BCUT2D eigenvalue weighted by Crippen LogP contribution is 2.34. The monoisotopic (exact) mass is 327 g/mol. The number of hydrogen-bond donors (Lipinski definition) is 0. The first-order chi connectivity index (χ1) is 12.3. The van der Waals surface area contributed by atoms with Crippen LogP contribution in [0.5, 0.6) is 0 Å². The van der Waals surface area contributed by atoms with E-state index in [4.69, 9.17) is 0 Å². The lowest BCUT2D eigenvalue weighted by Crippen LogP contribution is -2.32. The van der Waals surface area contributed by atoms with E-state index in [1.807, 2.05) is 0 Å². The molecule has 0 aliphatic carbocycles. The summed E-state index contributed by atoms with van der Waals surface area (Å²) in [5, 5.41) is 1.29. The molecule has 0 saturated carbocycles. The van der Waals surface area contributed by atoms with Gasteiger partial charge in [-0.15, -0.1) is 0 Å². The first kappa shape index (κ1) is 15.6. The summed E-state index contributed by atoms with van der Waals surface area (Å²) >= 11 is 0. The van der Waals surface area contributed by atoms with Gasteiger partial charge in [-0.3, -0.25) is 0 Å². The van der Waals surface area contributed by atoms with Gasteiger partial charge in [0.25, 0.3) is 0 Å². The lowest BCUT2D eigenvalue weighted by Gasteiger charge is -2.26. The van der Waals surface area contributed by atoms with Gasteiger partial charge in [0.1, 0.15) is 6.54 Å². The van der Waals surface area contributed by atoms with Gasteiger partial charge in [0.15, 0.2) is 6.20 Å². The predicted octanol–water partition coefficient (Wildman–Crippen LogP) is 5.04. The Morgan fingerprint density at radius 1 is 0.960 bits per heavy atom. The number of fused-ring (bicyclic) bond motifs is 2. The van der Waals surface area contributed by atoms with E-state index in [-0.39, 0.29) is 0 Å². The zero-order valence-corrected chi connectivity index (χ0v) is 14.8. The molecule has 2 aromatic carbocycles. The van der Waals surface area contributed by atoms with Gasteiger partial charge in [0, 0.05) is 36.1 Å². The maximum atomic E-state index is 2.31.